The second kappa shape index (κ2) is 7.11. The van der Waals surface area contributed by atoms with E-state index < -0.39 is 0 Å². The number of imidazole rings is 1. The van der Waals surface area contributed by atoms with E-state index >= 15 is 0 Å². The zero-order chi connectivity index (χ0) is 18.0. The van der Waals surface area contributed by atoms with Crippen LogP contribution in [0.1, 0.15) is 31.0 Å². The van der Waals surface area contributed by atoms with Crippen molar-refractivity contribution in [1.82, 2.24) is 9.38 Å². The van der Waals surface area contributed by atoms with Crippen LogP contribution in [0.5, 0.6) is 5.75 Å². The van der Waals surface area contributed by atoms with E-state index in [1.54, 1.807) is 0 Å². The Morgan fingerprint density at radius 2 is 1.96 bits per heavy atom. The number of nitrogens with zero attached hydrogens (tertiary/aromatic N) is 2. The van der Waals surface area contributed by atoms with Crippen molar-refractivity contribution in [3.8, 4) is 17.0 Å². The Kier molecular flexibility index (Phi) is 4.91. The summed E-state index contributed by atoms with van der Waals surface area (Å²) in [4.78, 5) is 4.85. The van der Waals surface area contributed by atoms with Crippen LogP contribution in [0.4, 0.5) is 0 Å². The first kappa shape index (κ1) is 17.2. The maximum Gasteiger partial charge on any atom is 0.137 e. The van der Waals surface area contributed by atoms with Crippen LogP contribution in [-0.4, -0.2) is 22.5 Å². The minimum atomic E-state index is 0.214. The van der Waals surface area contributed by atoms with E-state index in [0.29, 0.717) is 13.2 Å². The zero-order valence-electron chi connectivity index (χ0n) is 15.1. The standard InChI is InChI=1S/C21H25N3O/c1-14(2)13-25-18-8-6-17(7-9-18)20-21(16(4)11-22)24-12-15(3)5-10-19(24)23-20/h5-10,12,16H,1,11,13,22H2,2-4H3. The third kappa shape index (κ3) is 3.59. The highest BCUT2D eigenvalue weighted by molar-refractivity contribution is 5.68. The van der Waals surface area contributed by atoms with E-state index in [-0.39, 0.29) is 5.92 Å². The first-order chi connectivity index (χ1) is 12.0. The van der Waals surface area contributed by atoms with E-state index in [9.17, 15) is 0 Å². The number of benzene rings is 1. The number of ether oxygens (including phenoxy) is 1. The van der Waals surface area contributed by atoms with Crippen LogP contribution in [0, 0.1) is 6.92 Å². The molecule has 0 amide bonds. The van der Waals surface area contributed by atoms with Gasteiger partial charge in [0, 0.05) is 24.2 Å². The molecule has 0 aliphatic rings. The highest BCUT2D eigenvalue weighted by Crippen LogP contribution is 2.31. The van der Waals surface area contributed by atoms with Gasteiger partial charge >= 0.3 is 0 Å². The minimum absolute atomic E-state index is 0.214. The molecular weight excluding hydrogens is 310 g/mol. The molecule has 0 radical (unpaired) electrons. The summed E-state index contributed by atoms with van der Waals surface area (Å²) >= 11 is 0. The maximum atomic E-state index is 5.96. The maximum absolute atomic E-state index is 5.96. The molecule has 3 aromatic rings. The van der Waals surface area contributed by atoms with Crippen molar-refractivity contribution in [1.29, 1.82) is 0 Å². The van der Waals surface area contributed by atoms with Gasteiger partial charge in [0.2, 0.25) is 0 Å². The molecule has 3 rings (SSSR count). The lowest BCUT2D eigenvalue weighted by Gasteiger charge is -2.12. The lowest BCUT2D eigenvalue weighted by molar-refractivity contribution is 0.353. The summed E-state index contributed by atoms with van der Waals surface area (Å²) in [7, 11) is 0. The number of hydrogen-bond donors (Lipinski definition) is 1. The van der Waals surface area contributed by atoms with E-state index in [0.717, 1.165) is 33.9 Å². The second-order valence-electron chi connectivity index (χ2n) is 6.69. The molecule has 2 aromatic heterocycles. The number of rotatable bonds is 6. The smallest absolute Gasteiger partial charge is 0.137 e. The van der Waals surface area contributed by atoms with Crippen molar-refractivity contribution in [3.63, 3.8) is 0 Å². The van der Waals surface area contributed by atoms with Crippen LogP contribution in [-0.2, 0) is 0 Å². The number of nitrogens with two attached hydrogens (primary N) is 1. The Bertz CT molecular complexity index is 893. The molecular formula is C21H25N3O. The SMILES string of the molecule is C=C(C)COc1ccc(-c2nc3ccc(C)cn3c2C(C)CN)cc1. The highest BCUT2D eigenvalue weighted by Gasteiger charge is 2.18. The molecule has 1 atom stereocenters. The van der Waals surface area contributed by atoms with Crippen LogP contribution in [0.3, 0.4) is 0 Å². The fourth-order valence-corrected chi connectivity index (χ4v) is 2.88. The average molecular weight is 335 g/mol. The summed E-state index contributed by atoms with van der Waals surface area (Å²) in [6, 6.07) is 12.2. The van der Waals surface area contributed by atoms with E-state index in [2.05, 4.69) is 55.3 Å². The van der Waals surface area contributed by atoms with Gasteiger partial charge in [-0.25, -0.2) is 4.98 Å². The van der Waals surface area contributed by atoms with Crippen LogP contribution in [0.2, 0.25) is 0 Å². The number of aromatic nitrogens is 2. The molecule has 0 fully saturated rings. The summed E-state index contributed by atoms with van der Waals surface area (Å²) in [6.45, 7) is 11.1. The zero-order valence-corrected chi connectivity index (χ0v) is 15.1. The topological polar surface area (TPSA) is 52.5 Å². The number of fused-ring (bicyclic) bond motifs is 1. The second-order valence-corrected chi connectivity index (χ2v) is 6.69. The monoisotopic (exact) mass is 335 g/mol. The third-order valence-electron chi connectivity index (χ3n) is 4.24. The highest BCUT2D eigenvalue weighted by atomic mass is 16.5. The number of aryl methyl sites for hydroxylation is 1. The van der Waals surface area contributed by atoms with E-state index in [1.807, 2.05) is 19.1 Å². The Balaban J connectivity index is 2.04. The van der Waals surface area contributed by atoms with Crippen molar-refractivity contribution < 1.29 is 4.74 Å². The van der Waals surface area contributed by atoms with Gasteiger partial charge in [0.1, 0.15) is 18.0 Å². The Morgan fingerprint density at radius 1 is 1.24 bits per heavy atom. The van der Waals surface area contributed by atoms with Gasteiger partial charge in [-0.2, -0.15) is 0 Å². The minimum Gasteiger partial charge on any atom is -0.489 e. The third-order valence-corrected chi connectivity index (χ3v) is 4.24. The van der Waals surface area contributed by atoms with Crippen molar-refractivity contribution >= 4 is 5.65 Å². The van der Waals surface area contributed by atoms with Gasteiger partial charge in [-0.05, 0) is 55.3 Å². The predicted octanol–water partition coefficient (Wildman–Crippen LogP) is 4.33. The molecule has 0 aliphatic carbocycles. The molecule has 0 bridgehead atoms. The van der Waals surface area contributed by atoms with E-state index in [1.165, 1.54) is 5.56 Å². The van der Waals surface area contributed by atoms with Crippen molar-refractivity contribution in [2.45, 2.75) is 26.7 Å². The van der Waals surface area contributed by atoms with Gasteiger partial charge in [0.15, 0.2) is 0 Å². The van der Waals surface area contributed by atoms with Crippen molar-refractivity contribution in [2.24, 2.45) is 5.73 Å². The van der Waals surface area contributed by atoms with Crippen LogP contribution >= 0.6 is 0 Å². The fraction of sp³-hybridized carbons (Fsp3) is 0.286. The summed E-state index contributed by atoms with van der Waals surface area (Å²) in [5, 5.41) is 0. The van der Waals surface area contributed by atoms with Gasteiger partial charge in [0.25, 0.3) is 0 Å². The molecule has 1 unspecified atom stereocenters. The van der Waals surface area contributed by atoms with Gasteiger partial charge in [-0.15, -0.1) is 0 Å². The van der Waals surface area contributed by atoms with Gasteiger partial charge in [0.05, 0.1) is 11.4 Å². The summed E-state index contributed by atoms with van der Waals surface area (Å²) in [5.41, 5.74) is 12.3. The quantitative estimate of drug-likeness (QED) is 0.682. The van der Waals surface area contributed by atoms with Crippen molar-refractivity contribution in [3.05, 3.63) is 66.0 Å². The molecule has 0 saturated heterocycles. The van der Waals surface area contributed by atoms with Gasteiger partial charge in [-0.3, -0.25) is 0 Å². The average Bonchev–Trinajstić information content (AvgIpc) is 2.98. The molecule has 2 heterocycles. The normalized spacial score (nSPS) is 12.3. The Hall–Kier alpha value is -2.59. The Labute approximate surface area is 149 Å². The lowest BCUT2D eigenvalue weighted by atomic mass is 10.0. The molecule has 4 heteroatoms. The summed E-state index contributed by atoms with van der Waals surface area (Å²) < 4.78 is 7.85. The van der Waals surface area contributed by atoms with Crippen LogP contribution < -0.4 is 10.5 Å². The Morgan fingerprint density at radius 3 is 2.60 bits per heavy atom. The summed E-state index contributed by atoms with van der Waals surface area (Å²) in [5.74, 6) is 1.05. The first-order valence-corrected chi connectivity index (χ1v) is 8.56. The lowest BCUT2D eigenvalue weighted by Crippen LogP contribution is -2.12. The largest absolute Gasteiger partial charge is 0.489 e. The predicted molar refractivity (Wildman–Crippen MR) is 103 cm³/mol. The van der Waals surface area contributed by atoms with Crippen molar-refractivity contribution in [2.75, 3.05) is 13.2 Å². The number of hydrogen-bond acceptors (Lipinski definition) is 3. The molecule has 0 spiro atoms. The van der Waals surface area contributed by atoms with Crippen LogP contribution in [0.25, 0.3) is 16.9 Å². The molecule has 25 heavy (non-hydrogen) atoms. The fourth-order valence-electron chi connectivity index (χ4n) is 2.88. The number of pyridine rings is 1. The van der Waals surface area contributed by atoms with Crippen LogP contribution in [0.15, 0.2) is 54.7 Å². The first-order valence-electron chi connectivity index (χ1n) is 8.56. The summed E-state index contributed by atoms with van der Waals surface area (Å²) in [6.07, 6.45) is 2.12. The molecule has 130 valence electrons. The van der Waals surface area contributed by atoms with Gasteiger partial charge in [-0.1, -0.05) is 19.6 Å². The molecule has 0 saturated carbocycles. The molecule has 2 N–H and O–H groups in total. The molecule has 1 aromatic carbocycles. The molecule has 4 nitrogen and oxygen atoms in total. The van der Waals surface area contributed by atoms with Gasteiger partial charge < -0.3 is 14.9 Å². The molecule has 0 aliphatic heterocycles. The van der Waals surface area contributed by atoms with E-state index in [4.69, 9.17) is 15.5 Å².